The molecular weight excluding hydrogens is 454 g/mol. The second-order valence-corrected chi connectivity index (χ2v) is 11.0. The molecule has 2 aliphatic rings. The second-order valence-electron chi connectivity index (χ2n) is 11.0. The van der Waals surface area contributed by atoms with Crippen LogP contribution in [-0.2, 0) is 17.6 Å². The average Bonchev–Trinajstić information content (AvgIpc) is 3.15. The summed E-state index contributed by atoms with van der Waals surface area (Å²) in [5.74, 6) is 2.87. The second kappa shape index (κ2) is 9.91. The van der Waals surface area contributed by atoms with Gasteiger partial charge in [0.1, 0.15) is 23.4 Å². The summed E-state index contributed by atoms with van der Waals surface area (Å²) in [7, 11) is 0. The van der Waals surface area contributed by atoms with E-state index in [0.717, 1.165) is 43.0 Å². The summed E-state index contributed by atoms with van der Waals surface area (Å²) < 4.78 is 13.9. The molecule has 3 heterocycles. The first-order valence-electron chi connectivity index (χ1n) is 12.9. The van der Waals surface area contributed by atoms with Gasteiger partial charge in [-0.15, -0.1) is 10.2 Å². The lowest BCUT2D eigenvalue weighted by molar-refractivity contribution is 0.0504. The summed E-state index contributed by atoms with van der Waals surface area (Å²) in [5, 5.41) is 12.4. The average molecular weight is 490 g/mol. The molecule has 1 aliphatic carbocycles. The van der Waals surface area contributed by atoms with Crippen LogP contribution in [0.1, 0.15) is 75.1 Å². The number of hydrogen-bond donors (Lipinski definition) is 1. The SMILES string of the molecule is Cc1ccc2c(c1)CC(NC(=O)OC(C)(C)C)Cc1nnc(C3CCC(Oc4ccccn4)CC3)n1-2. The minimum atomic E-state index is -0.546. The number of fused-ring (bicyclic) bond motifs is 3. The number of alkyl carbamates (subject to hydrolysis) is 1. The van der Waals surface area contributed by atoms with E-state index in [9.17, 15) is 4.79 Å². The van der Waals surface area contributed by atoms with E-state index in [-0.39, 0.29) is 12.1 Å². The minimum Gasteiger partial charge on any atom is -0.474 e. The highest BCUT2D eigenvalue weighted by Gasteiger charge is 2.32. The van der Waals surface area contributed by atoms with Crippen molar-refractivity contribution >= 4 is 6.09 Å². The summed E-state index contributed by atoms with van der Waals surface area (Å²) in [6.45, 7) is 7.71. The Morgan fingerprint density at radius 1 is 1.06 bits per heavy atom. The highest BCUT2D eigenvalue weighted by molar-refractivity contribution is 5.68. The van der Waals surface area contributed by atoms with Crippen LogP contribution in [0.15, 0.2) is 42.6 Å². The summed E-state index contributed by atoms with van der Waals surface area (Å²) in [4.78, 5) is 16.9. The summed E-state index contributed by atoms with van der Waals surface area (Å²) in [5.41, 5.74) is 2.93. The molecule has 1 aromatic carbocycles. The number of carbonyl (C=O) groups is 1. The van der Waals surface area contributed by atoms with E-state index < -0.39 is 11.7 Å². The molecule has 0 spiro atoms. The number of nitrogens with one attached hydrogen (secondary N) is 1. The Kier molecular flexibility index (Phi) is 6.69. The van der Waals surface area contributed by atoms with Crippen molar-refractivity contribution in [2.45, 2.75) is 89.9 Å². The Morgan fingerprint density at radius 3 is 2.58 bits per heavy atom. The third-order valence-corrected chi connectivity index (χ3v) is 6.81. The number of amides is 1. The van der Waals surface area contributed by atoms with Crippen LogP contribution < -0.4 is 10.1 Å². The van der Waals surface area contributed by atoms with Gasteiger partial charge >= 0.3 is 6.09 Å². The van der Waals surface area contributed by atoms with Gasteiger partial charge in [0.15, 0.2) is 0 Å². The molecule has 3 aromatic rings. The zero-order valence-electron chi connectivity index (χ0n) is 21.5. The molecule has 1 N–H and O–H groups in total. The summed E-state index contributed by atoms with van der Waals surface area (Å²) in [6, 6.07) is 12.1. The van der Waals surface area contributed by atoms with Gasteiger partial charge in [-0.05, 0) is 77.5 Å². The fourth-order valence-electron chi connectivity index (χ4n) is 5.25. The number of pyridine rings is 1. The molecule has 2 aromatic heterocycles. The van der Waals surface area contributed by atoms with Crippen molar-refractivity contribution in [2.24, 2.45) is 0 Å². The van der Waals surface area contributed by atoms with Gasteiger partial charge in [-0.3, -0.25) is 4.57 Å². The maximum atomic E-state index is 12.6. The molecule has 1 aliphatic heterocycles. The third-order valence-electron chi connectivity index (χ3n) is 6.81. The first-order chi connectivity index (χ1) is 17.2. The molecule has 8 nitrogen and oxygen atoms in total. The number of benzene rings is 1. The number of aryl methyl sites for hydroxylation is 1. The molecular formula is C28H35N5O3. The number of carbonyl (C=O) groups excluding carboxylic acids is 1. The lowest BCUT2D eigenvalue weighted by atomic mass is 9.86. The van der Waals surface area contributed by atoms with E-state index in [0.29, 0.717) is 24.6 Å². The Bertz CT molecular complexity index is 1210. The van der Waals surface area contributed by atoms with Crippen molar-refractivity contribution in [1.82, 2.24) is 25.1 Å². The van der Waals surface area contributed by atoms with Gasteiger partial charge in [0.2, 0.25) is 5.88 Å². The van der Waals surface area contributed by atoms with Crippen molar-refractivity contribution in [3.8, 4) is 11.6 Å². The molecule has 36 heavy (non-hydrogen) atoms. The fraction of sp³-hybridized carbons (Fsp3) is 0.500. The Morgan fingerprint density at radius 2 is 1.86 bits per heavy atom. The molecule has 0 bridgehead atoms. The van der Waals surface area contributed by atoms with E-state index in [2.05, 4.69) is 50.2 Å². The summed E-state index contributed by atoms with van der Waals surface area (Å²) in [6.07, 6.45) is 6.70. The molecule has 1 atom stereocenters. The molecule has 5 rings (SSSR count). The first-order valence-corrected chi connectivity index (χ1v) is 12.9. The third kappa shape index (κ3) is 5.53. The van der Waals surface area contributed by atoms with Crippen LogP contribution in [0.3, 0.4) is 0 Å². The van der Waals surface area contributed by atoms with E-state index in [1.165, 1.54) is 11.1 Å². The smallest absolute Gasteiger partial charge is 0.407 e. The van der Waals surface area contributed by atoms with Gasteiger partial charge in [0.25, 0.3) is 0 Å². The highest BCUT2D eigenvalue weighted by atomic mass is 16.6. The standard InChI is InChI=1S/C28H35N5O3/c1-18-8-13-23-20(15-18)16-21(30-27(34)36-28(2,3)4)17-24-31-32-26(33(23)24)19-9-11-22(12-10-19)35-25-7-5-6-14-29-25/h5-8,13-15,19,21-22H,9-12,16-17H2,1-4H3,(H,30,34). The number of hydrogen-bond acceptors (Lipinski definition) is 6. The van der Waals surface area contributed by atoms with Crippen molar-refractivity contribution in [1.29, 1.82) is 0 Å². The molecule has 0 radical (unpaired) electrons. The molecule has 1 saturated carbocycles. The highest BCUT2D eigenvalue weighted by Crippen LogP contribution is 2.36. The van der Waals surface area contributed by atoms with Crippen LogP contribution in [0.5, 0.6) is 5.88 Å². The fourth-order valence-corrected chi connectivity index (χ4v) is 5.25. The summed E-state index contributed by atoms with van der Waals surface area (Å²) >= 11 is 0. The van der Waals surface area contributed by atoms with E-state index >= 15 is 0 Å². The van der Waals surface area contributed by atoms with Crippen molar-refractivity contribution in [2.75, 3.05) is 0 Å². The topological polar surface area (TPSA) is 91.2 Å². The van der Waals surface area contributed by atoms with Gasteiger partial charge < -0.3 is 14.8 Å². The van der Waals surface area contributed by atoms with E-state index in [1.54, 1.807) is 6.20 Å². The van der Waals surface area contributed by atoms with Crippen LogP contribution in [0.25, 0.3) is 5.69 Å². The van der Waals surface area contributed by atoms with E-state index in [4.69, 9.17) is 9.47 Å². The zero-order chi connectivity index (χ0) is 25.3. The molecule has 190 valence electrons. The van der Waals surface area contributed by atoms with Crippen molar-refractivity contribution in [3.05, 3.63) is 65.4 Å². The number of nitrogens with zero attached hydrogens (tertiary/aromatic N) is 4. The first kappa shape index (κ1) is 24.3. The molecule has 1 unspecified atom stereocenters. The van der Waals surface area contributed by atoms with Gasteiger partial charge in [-0.25, -0.2) is 9.78 Å². The van der Waals surface area contributed by atoms with Gasteiger partial charge in [0, 0.05) is 30.6 Å². The maximum Gasteiger partial charge on any atom is 0.407 e. The Balaban J connectivity index is 1.36. The van der Waals surface area contributed by atoms with Gasteiger partial charge in [-0.2, -0.15) is 0 Å². The van der Waals surface area contributed by atoms with Crippen LogP contribution in [0.4, 0.5) is 4.79 Å². The Labute approximate surface area is 212 Å². The lowest BCUT2D eigenvalue weighted by Gasteiger charge is -2.28. The number of rotatable bonds is 4. The van der Waals surface area contributed by atoms with Gasteiger partial charge in [-0.1, -0.05) is 23.8 Å². The zero-order valence-corrected chi connectivity index (χ0v) is 21.5. The minimum absolute atomic E-state index is 0.124. The number of aromatic nitrogens is 4. The molecule has 0 saturated heterocycles. The van der Waals surface area contributed by atoms with Crippen molar-refractivity contribution < 1.29 is 14.3 Å². The lowest BCUT2D eigenvalue weighted by Crippen LogP contribution is -2.41. The normalized spacial score (nSPS) is 21.6. The maximum absolute atomic E-state index is 12.6. The van der Waals surface area contributed by atoms with Gasteiger partial charge in [0.05, 0.1) is 5.69 Å². The van der Waals surface area contributed by atoms with Crippen molar-refractivity contribution in [3.63, 3.8) is 0 Å². The van der Waals surface area contributed by atoms with E-state index in [1.807, 2.05) is 39.0 Å². The predicted molar refractivity (Wildman–Crippen MR) is 137 cm³/mol. The van der Waals surface area contributed by atoms with Crippen LogP contribution in [-0.4, -0.2) is 43.6 Å². The largest absolute Gasteiger partial charge is 0.474 e. The molecule has 1 amide bonds. The molecule has 8 heteroatoms. The Hall–Kier alpha value is -3.42. The monoisotopic (exact) mass is 489 g/mol. The number of ether oxygens (including phenoxy) is 2. The molecule has 1 fully saturated rings. The van der Waals surface area contributed by atoms with Crippen LogP contribution in [0, 0.1) is 6.92 Å². The van der Waals surface area contributed by atoms with Crippen LogP contribution >= 0.6 is 0 Å². The van der Waals surface area contributed by atoms with Crippen LogP contribution in [0.2, 0.25) is 0 Å². The predicted octanol–water partition coefficient (Wildman–Crippen LogP) is 5.07. The quantitative estimate of drug-likeness (QED) is 0.550.